The van der Waals surface area contributed by atoms with Crippen LogP contribution in [0.1, 0.15) is 37.8 Å². The Morgan fingerprint density at radius 3 is 2.70 bits per heavy atom. The molecule has 0 aliphatic carbocycles. The Balaban J connectivity index is 1.74. The minimum Gasteiger partial charge on any atom is -0.481 e. The van der Waals surface area contributed by atoms with E-state index >= 15 is 0 Å². The third kappa shape index (κ3) is 4.32. The molecule has 0 radical (unpaired) electrons. The number of carbonyl (C=O) groups excluding carboxylic acids is 1. The summed E-state index contributed by atoms with van der Waals surface area (Å²) in [5, 5.41) is 16.5. The number of hydrogen-bond acceptors (Lipinski definition) is 4. The Labute approximate surface area is 117 Å². The smallest absolute Gasteiger partial charge is 0.303 e. The third-order valence-corrected chi connectivity index (χ3v) is 3.42. The summed E-state index contributed by atoms with van der Waals surface area (Å²) in [5.41, 5.74) is 0.810. The molecule has 1 aromatic rings. The van der Waals surface area contributed by atoms with Crippen LogP contribution in [-0.4, -0.2) is 50.0 Å². The van der Waals surface area contributed by atoms with Crippen LogP contribution in [0, 0.1) is 0 Å². The molecule has 0 saturated carbocycles. The van der Waals surface area contributed by atoms with Crippen LogP contribution in [0.5, 0.6) is 0 Å². The van der Waals surface area contributed by atoms with Gasteiger partial charge in [0.05, 0.1) is 5.69 Å². The molecule has 7 nitrogen and oxygen atoms in total. The van der Waals surface area contributed by atoms with Gasteiger partial charge in [-0.2, -0.15) is 0 Å². The van der Waals surface area contributed by atoms with Crippen LogP contribution in [0.4, 0.5) is 0 Å². The van der Waals surface area contributed by atoms with Crippen molar-refractivity contribution < 1.29 is 14.7 Å². The summed E-state index contributed by atoms with van der Waals surface area (Å²) in [6.45, 7) is 1.92. The number of likely N-dealkylation sites (tertiary alicyclic amines) is 1. The van der Waals surface area contributed by atoms with Gasteiger partial charge in [0, 0.05) is 25.7 Å². The monoisotopic (exact) mass is 280 g/mol. The summed E-state index contributed by atoms with van der Waals surface area (Å²) in [5.74, 6) is -0.685. The first-order valence-electron chi connectivity index (χ1n) is 7.04. The first-order chi connectivity index (χ1) is 9.65. The fourth-order valence-corrected chi connectivity index (χ4v) is 2.32. The number of unbranched alkanes of at least 4 members (excludes halogenated alkanes) is 1. The summed E-state index contributed by atoms with van der Waals surface area (Å²) in [6.07, 6.45) is 6.22. The van der Waals surface area contributed by atoms with E-state index in [1.165, 1.54) is 0 Å². The molecule has 0 aromatic carbocycles. The Bertz CT molecular complexity index is 466. The van der Waals surface area contributed by atoms with Crippen molar-refractivity contribution >= 4 is 11.9 Å². The Morgan fingerprint density at radius 1 is 1.25 bits per heavy atom. The summed E-state index contributed by atoms with van der Waals surface area (Å²) in [4.78, 5) is 24.2. The standard InChI is InChI=1S/C13H20N4O3/c18-12(16-7-3-4-8-16)10-17-9-11(14-15-17)5-1-2-6-13(19)20/h9H,1-8,10H2,(H,19,20). The lowest BCUT2D eigenvalue weighted by molar-refractivity contribution is -0.137. The number of amides is 1. The second-order valence-corrected chi connectivity index (χ2v) is 5.10. The van der Waals surface area contributed by atoms with Crippen molar-refractivity contribution in [3.05, 3.63) is 11.9 Å². The number of rotatable bonds is 7. The van der Waals surface area contributed by atoms with Crippen LogP contribution in [0.3, 0.4) is 0 Å². The van der Waals surface area contributed by atoms with Crippen molar-refractivity contribution in [1.82, 2.24) is 19.9 Å². The zero-order valence-corrected chi connectivity index (χ0v) is 11.5. The molecule has 0 bridgehead atoms. The molecule has 0 spiro atoms. The summed E-state index contributed by atoms with van der Waals surface area (Å²) < 4.78 is 1.56. The van der Waals surface area contributed by atoms with Gasteiger partial charge in [-0.3, -0.25) is 9.59 Å². The maximum absolute atomic E-state index is 11.9. The molecular weight excluding hydrogens is 260 g/mol. The molecule has 0 unspecified atom stereocenters. The van der Waals surface area contributed by atoms with Gasteiger partial charge in [-0.1, -0.05) is 5.21 Å². The molecule has 1 aliphatic heterocycles. The van der Waals surface area contributed by atoms with E-state index in [1.54, 1.807) is 10.9 Å². The van der Waals surface area contributed by atoms with Crippen LogP contribution < -0.4 is 0 Å². The average Bonchev–Trinajstić information content (AvgIpc) is 3.05. The van der Waals surface area contributed by atoms with E-state index < -0.39 is 5.97 Å². The first kappa shape index (κ1) is 14.5. The molecule has 1 N–H and O–H groups in total. The van der Waals surface area contributed by atoms with Crippen molar-refractivity contribution in [3.8, 4) is 0 Å². The van der Waals surface area contributed by atoms with Gasteiger partial charge in [0.15, 0.2) is 0 Å². The fourth-order valence-electron chi connectivity index (χ4n) is 2.32. The summed E-state index contributed by atoms with van der Waals surface area (Å²) in [6, 6.07) is 0. The zero-order chi connectivity index (χ0) is 14.4. The molecule has 7 heteroatoms. The van der Waals surface area contributed by atoms with Gasteiger partial charge in [-0.05, 0) is 32.1 Å². The quantitative estimate of drug-likeness (QED) is 0.743. The van der Waals surface area contributed by atoms with Gasteiger partial charge < -0.3 is 10.0 Å². The highest BCUT2D eigenvalue weighted by atomic mass is 16.4. The average molecular weight is 280 g/mol. The van der Waals surface area contributed by atoms with E-state index in [0.29, 0.717) is 12.8 Å². The number of aliphatic carboxylic acids is 1. The van der Waals surface area contributed by atoms with Crippen LogP contribution in [0.2, 0.25) is 0 Å². The number of nitrogens with zero attached hydrogens (tertiary/aromatic N) is 4. The van der Waals surface area contributed by atoms with Crippen LogP contribution in [-0.2, 0) is 22.6 Å². The molecule has 2 rings (SSSR count). The minimum absolute atomic E-state index is 0.0878. The van der Waals surface area contributed by atoms with E-state index in [9.17, 15) is 9.59 Å². The lowest BCUT2D eigenvalue weighted by atomic mass is 10.1. The van der Waals surface area contributed by atoms with E-state index in [2.05, 4.69) is 10.3 Å². The molecule has 1 fully saturated rings. The minimum atomic E-state index is -0.773. The predicted molar refractivity (Wildman–Crippen MR) is 71.0 cm³/mol. The first-order valence-corrected chi connectivity index (χ1v) is 7.04. The Hall–Kier alpha value is -1.92. The largest absolute Gasteiger partial charge is 0.481 e. The van der Waals surface area contributed by atoms with Gasteiger partial charge >= 0.3 is 5.97 Å². The number of carboxylic acids is 1. The lowest BCUT2D eigenvalue weighted by Gasteiger charge is -2.14. The second kappa shape index (κ2) is 7.02. The molecule has 1 aromatic heterocycles. The van der Waals surface area contributed by atoms with E-state index in [-0.39, 0.29) is 18.9 Å². The lowest BCUT2D eigenvalue weighted by Crippen LogP contribution is -2.31. The third-order valence-electron chi connectivity index (χ3n) is 3.42. The normalized spacial score (nSPS) is 14.7. The number of carbonyl (C=O) groups is 2. The number of hydrogen-bond donors (Lipinski definition) is 1. The van der Waals surface area contributed by atoms with Gasteiger partial charge in [-0.25, -0.2) is 4.68 Å². The number of carboxylic acid groups (broad SMARTS) is 1. The maximum Gasteiger partial charge on any atom is 0.303 e. The summed E-state index contributed by atoms with van der Waals surface area (Å²) >= 11 is 0. The van der Waals surface area contributed by atoms with Gasteiger partial charge in [-0.15, -0.1) is 5.10 Å². The predicted octanol–water partition coefficient (Wildman–Crippen LogP) is 0.698. The van der Waals surface area contributed by atoms with E-state index in [4.69, 9.17) is 5.11 Å². The fraction of sp³-hybridized carbons (Fsp3) is 0.692. The highest BCUT2D eigenvalue weighted by Gasteiger charge is 2.18. The van der Waals surface area contributed by atoms with Gasteiger partial charge in [0.2, 0.25) is 5.91 Å². The van der Waals surface area contributed by atoms with Crippen LogP contribution in [0.25, 0.3) is 0 Å². The van der Waals surface area contributed by atoms with Crippen molar-refractivity contribution in [3.63, 3.8) is 0 Å². The molecular formula is C13H20N4O3. The zero-order valence-electron chi connectivity index (χ0n) is 11.5. The van der Waals surface area contributed by atoms with Crippen molar-refractivity contribution in [2.45, 2.75) is 45.1 Å². The van der Waals surface area contributed by atoms with E-state index in [1.807, 2.05) is 4.90 Å². The Morgan fingerprint density at radius 2 is 2.00 bits per heavy atom. The maximum atomic E-state index is 11.9. The number of aromatic nitrogens is 3. The highest BCUT2D eigenvalue weighted by molar-refractivity contribution is 5.76. The molecule has 110 valence electrons. The molecule has 20 heavy (non-hydrogen) atoms. The van der Waals surface area contributed by atoms with E-state index in [0.717, 1.165) is 38.0 Å². The summed E-state index contributed by atoms with van der Waals surface area (Å²) in [7, 11) is 0. The topological polar surface area (TPSA) is 88.3 Å². The highest BCUT2D eigenvalue weighted by Crippen LogP contribution is 2.08. The molecule has 1 amide bonds. The van der Waals surface area contributed by atoms with Crippen LogP contribution in [0.15, 0.2) is 6.20 Å². The van der Waals surface area contributed by atoms with Gasteiger partial charge in [0.1, 0.15) is 6.54 Å². The molecule has 2 heterocycles. The van der Waals surface area contributed by atoms with Crippen molar-refractivity contribution in [2.24, 2.45) is 0 Å². The van der Waals surface area contributed by atoms with Gasteiger partial charge in [0.25, 0.3) is 0 Å². The SMILES string of the molecule is O=C(O)CCCCc1cn(CC(=O)N2CCCC2)nn1. The van der Waals surface area contributed by atoms with Crippen molar-refractivity contribution in [1.29, 1.82) is 0 Å². The molecule has 0 atom stereocenters. The molecule has 1 aliphatic rings. The molecule has 1 saturated heterocycles. The van der Waals surface area contributed by atoms with Crippen molar-refractivity contribution in [2.75, 3.05) is 13.1 Å². The second-order valence-electron chi connectivity index (χ2n) is 5.10. The number of aryl methyl sites for hydroxylation is 1. The Kier molecular flexibility index (Phi) is 5.09. The van der Waals surface area contributed by atoms with Crippen LogP contribution >= 0.6 is 0 Å².